The maximum Gasteiger partial charge on any atom is 0.449 e. The van der Waals surface area contributed by atoms with Gasteiger partial charge < -0.3 is 22.6 Å². The van der Waals surface area contributed by atoms with Gasteiger partial charge in [-0.3, -0.25) is 24.4 Å². The molecule has 4 fully saturated rings. The molecule has 2 aromatic carbocycles. The van der Waals surface area contributed by atoms with E-state index in [0.29, 0.717) is 42.9 Å². The fraction of sp³-hybridized carbons (Fsp3) is 0.474. The van der Waals surface area contributed by atoms with E-state index in [2.05, 4.69) is 55.9 Å². The number of alkyl halides is 3. The number of carbonyl (C=O) groups is 3. The van der Waals surface area contributed by atoms with Gasteiger partial charge in [0.15, 0.2) is 0 Å². The average molecular weight is 1040 g/mol. The van der Waals surface area contributed by atoms with Gasteiger partial charge in [0.2, 0.25) is 5.78 Å². The van der Waals surface area contributed by atoms with Crippen molar-refractivity contribution in [2.75, 3.05) is 0 Å². The summed E-state index contributed by atoms with van der Waals surface area (Å²) in [6.07, 6.45) is 10.9. The number of hydrogen-bond donors (Lipinski definition) is 1. The number of carbonyl (C=O) groups excluding carboxylic acids is 3. The van der Waals surface area contributed by atoms with E-state index in [-0.39, 0.29) is 109 Å². The summed E-state index contributed by atoms with van der Waals surface area (Å²) >= 11 is 0. The quantitative estimate of drug-likeness (QED) is 0.0801. The minimum absolute atomic E-state index is 0. The predicted molar refractivity (Wildman–Crippen MR) is 271 cm³/mol. The monoisotopic (exact) mass is 1040 g/mol. The van der Waals surface area contributed by atoms with Crippen LogP contribution in [0.1, 0.15) is 108 Å². The van der Waals surface area contributed by atoms with Crippen molar-refractivity contribution in [3.8, 4) is 22.3 Å². The molecule has 386 valence electrons. The zero-order valence-electron chi connectivity index (χ0n) is 40.2. The van der Waals surface area contributed by atoms with E-state index < -0.39 is 17.5 Å². The summed E-state index contributed by atoms with van der Waals surface area (Å²) in [5.41, 5.74) is 10.8. The molecule has 4 aromatic rings. The number of benzene rings is 2. The number of nitrogens with zero attached hydrogens (tertiary/aromatic N) is 2. The summed E-state index contributed by atoms with van der Waals surface area (Å²) in [7, 11) is 0. The van der Waals surface area contributed by atoms with Crippen molar-refractivity contribution >= 4 is 29.9 Å². The molecule has 0 unspecified atom stereocenters. The fourth-order valence-corrected chi connectivity index (χ4v) is 11.0. The zero-order valence-corrected chi connectivity index (χ0v) is 43.1. The standard InChI is InChI=1S/C25H29FN2O2.C25H28FNO2.C3H3F3O.3CH4.CH3.Zn/c1-4-21-15(2)13-25(27)23(16(3)30-24(25)29)22(21)11-10-20-9-8-18(14-28-20)17-6-5-7-19(26)12-17;1-4-21-15(2)12-23-24(16(3)29-25(23)28)22(21)11-10-20-9-8-18(14-27-20)17-6-5-7-19(26)13-17;1-2(7)3(4,5)6;;;;;/h5-12,14-16,21-23H,4,13,27H2,1-3H3;5-11,13-16,21-24H,4,12H2,1-3H3;1H3;3*1H4;1H3;/q;;;;;;-1;/b2*11-10+;;;;;;/t15-,16+,21+,22-,23-,25-;15-,16+,21+,22-,23+,24-;;;;;;/m00....../s1. The zero-order chi connectivity index (χ0) is 48.1. The summed E-state index contributed by atoms with van der Waals surface area (Å²) in [6, 6.07) is 20.8. The maximum absolute atomic E-state index is 13.5. The van der Waals surface area contributed by atoms with E-state index >= 15 is 0 Å². The third-order valence-corrected chi connectivity index (χ3v) is 14.2. The molecule has 2 N–H and O–H groups in total. The number of ether oxygens (including phenoxy) is 2. The molecule has 2 aromatic heterocycles. The topological polar surface area (TPSA) is 121 Å². The summed E-state index contributed by atoms with van der Waals surface area (Å²) in [4.78, 5) is 43.2. The number of Topliss-reactive ketones (excluding diaryl/α,β-unsaturated/α-hetero) is 1. The summed E-state index contributed by atoms with van der Waals surface area (Å²) in [6.45, 7) is 13.3. The number of halogens is 5. The molecule has 12 atom stereocenters. The first-order valence-corrected chi connectivity index (χ1v) is 22.8. The number of nitrogens with two attached hydrogens (primary N) is 1. The first kappa shape index (κ1) is 64.1. The second-order valence-electron chi connectivity index (χ2n) is 18.4. The van der Waals surface area contributed by atoms with Crippen LogP contribution in [0.4, 0.5) is 22.0 Å². The Labute approximate surface area is 432 Å². The Morgan fingerprint density at radius 3 is 1.62 bits per heavy atom. The number of ketones is 1. The number of rotatable bonds is 8. The van der Waals surface area contributed by atoms with Gasteiger partial charge in [0, 0.05) is 61.8 Å². The Bertz CT molecular complexity index is 2400. The Morgan fingerprint density at radius 1 is 0.732 bits per heavy atom. The number of hydrogen-bond acceptors (Lipinski definition) is 8. The van der Waals surface area contributed by atoms with Crippen LogP contribution in [-0.2, 0) is 43.3 Å². The first-order valence-electron chi connectivity index (χ1n) is 22.8. The van der Waals surface area contributed by atoms with Crippen LogP contribution in [0.3, 0.4) is 0 Å². The third kappa shape index (κ3) is 14.8. The molecule has 2 saturated heterocycles. The number of esters is 2. The van der Waals surface area contributed by atoms with E-state index in [1.807, 2.05) is 56.3 Å². The minimum atomic E-state index is -4.64. The summed E-state index contributed by atoms with van der Waals surface area (Å²) in [5.74, 6) is -0.0750. The SMILES string of the molecule is C.C.C.CC(=O)C(F)(F)F.CC[C@H]1[C@H](/C=C/c2ccc(-c3cccc(F)c3)cn2)[C@@H]2[C@@H](C)OC(=O)[C@@H]2C[C@@H]1C.CC[C@H]1[C@H](/C=C/c2ccc(-c3cccc(F)c3)cn2)[C@@H]2[C@@H](C)OC(=O)[C@]2(N)C[C@@H]1C.[CH3-].[Zn]. The first-order chi connectivity index (χ1) is 31.2. The van der Waals surface area contributed by atoms with Crippen molar-refractivity contribution in [1.29, 1.82) is 0 Å². The van der Waals surface area contributed by atoms with Gasteiger partial charge in [-0.1, -0.05) is 111 Å². The number of pyridine rings is 2. The molecule has 8 rings (SSSR count). The third-order valence-electron chi connectivity index (χ3n) is 14.2. The molecular weight excluding hydrogens is 967 g/mol. The number of fused-ring (bicyclic) bond motifs is 2. The van der Waals surface area contributed by atoms with Crippen LogP contribution in [0, 0.1) is 72.3 Å². The van der Waals surface area contributed by atoms with E-state index in [4.69, 9.17) is 15.2 Å². The van der Waals surface area contributed by atoms with Crippen LogP contribution in [0.2, 0.25) is 0 Å². The fourth-order valence-electron chi connectivity index (χ4n) is 11.0. The van der Waals surface area contributed by atoms with Gasteiger partial charge in [-0.2, -0.15) is 13.2 Å². The molecule has 0 amide bonds. The molecule has 0 radical (unpaired) electrons. The molecule has 0 bridgehead atoms. The Kier molecular flexibility index (Phi) is 24.6. The molecule has 2 saturated carbocycles. The molecule has 14 heteroatoms. The number of allylic oxidation sites excluding steroid dienone is 2. The number of aromatic nitrogens is 2. The van der Waals surface area contributed by atoms with Crippen molar-refractivity contribution in [3.05, 3.63) is 128 Å². The molecule has 4 aliphatic rings. The Hall–Kier alpha value is -4.94. The molecule has 4 heterocycles. The maximum atomic E-state index is 13.5. The van der Waals surface area contributed by atoms with E-state index in [1.54, 1.807) is 24.5 Å². The molecule has 0 spiro atoms. The van der Waals surface area contributed by atoms with Crippen molar-refractivity contribution in [2.45, 2.75) is 120 Å². The Morgan fingerprint density at radius 2 is 1.20 bits per heavy atom. The normalized spacial score (nSPS) is 28.2. The van der Waals surface area contributed by atoms with E-state index in [1.165, 1.54) is 24.3 Å². The Balaban J connectivity index is 0.000000589. The molecule has 2 aliphatic heterocycles. The van der Waals surface area contributed by atoms with Crippen molar-refractivity contribution in [2.24, 2.45) is 59.0 Å². The minimum Gasteiger partial charge on any atom is -0.462 e. The van der Waals surface area contributed by atoms with Crippen molar-refractivity contribution in [3.63, 3.8) is 0 Å². The molecule has 71 heavy (non-hydrogen) atoms. The van der Waals surface area contributed by atoms with Crippen LogP contribution in [0.15, 0.2) is 97.3 Å². The van der Waals surface area contributed by atoms with Gasteiger partial charge in [-0.05, 0) is 122 Å². The van der Waals surface area contributed by atoms with Crippen molar-refractivity contribution in [1.82, 2.24) is 9.97 Å². The largest absolute Gasteiger partial charge is 0.462 e. The van der Waals surface area contributed by atoms with Gasteiger partial charge in [-0.25, -0.2) is 8.78 Å². The summed E-state index contributed by atoms with van der Waals surface area (Å²) in [5, 5.41) is 0. The van der Waals surface area contributed by atoms with Gasteiger partial charge in [0.1, 0.15) is 29.4 Å². The smallest absolute Gasteiger partial charge is 0.449 e. The van der Waals surface area contributed by atoms with Gasteiger partial charge in [-0.15, -0.1) is 0 Å². The van der Waals surface area contributed by atoms with Crippen LogP contribution >= 0.6 is 0 Å². The van der Waals surface area contributed by atoms with Crippen LogP contribution < -0.4 is 5.73 Å². The molecule has 2 aliphatic carbocycles. The van der Waals surface area contributed by atoms with Crippen LogP contribution in [-0.4, -0.2) is 51.6 Å². The van der Waals surface area contributed by atoms with E-state index in [9.17, 15) is 36.3 Å². The van der Waals surface area contributed by atoms with Gasteiger partial charge in [0.25, 0.3) is 0 Å². The second-order valence-corrected chi connectivity index (χ2v) is 18.4. The average Bonchev–Trinajstić information content (AvgIpc) is 3.68. The molecule has 8 nitrogen and oxygen atoms in total. The predicted octanol–water partition coefficient (Wildman–Crippen LogP) is 14.1. The summed E-state index contributed by atoms with van der Waals surface area (Å²) < 4.78 is 70.6. The second kappa shape index (κ2) is 27.2. The van der Waals surface area contributed by atoms with Crippen molar-refractivity contribution < 1.29 is 65.3 Å². The van der Waals surface area contributed by atoms with Gasteiger partial charge >= 0.3 is 18.1 Å². The van der Waals surface area contributed by atoms with Crippen LogP contribution in [0.5, 0.6) is 0 Å². The van der Waals surface area contributed by atoms with Crippen LogP contribution in [0.25, 0.3) is 34.4 Å². The van der Waals surface area contributed by atoms with E-state index in [0.717, 1.165) is 52.9 Å². The number of cyclic esters (lactones) is 2. The van der Waals surface area contributed by atoms with Gasteiger partial charge in [0.05, 0.1) is 17.3 Å². The molecular formula is C57H75F5N3O5Zn-.